The summed E-state index contributed by atoms with van der Waals surface area (Å²) in [6.07, 6.45) is 34.3. The van der Waals surface area contributed by atoms with E-state index in [4.69, 9.17) is 9.84 Å². The van der Waals surface area contributed by atoms with Gasteiger partial charge in [0.1, 0.15) is 6.10 Å². The van der Waals surface area contributed by atoms with Crippen LogP contribution < -0.4 is 0 Å². The zero-order valence-electron chi connectivity index (χ0n) is 25.8. The molecule has 0 aromatic rings. The molecule has 0 amide bonds. The van der Waals surface area contributed by atoms with E-state index in [1.54, 1.807) is 0 Å². The predicted octanol–water partition coefficient (Wildman–Crippen LogP) is 11.3. The van der Waals surface area contributed by atoms with Gasteiger partial charge in [-0.2, -0.15) is 0 Å². The lowest BCUT2D eigenvalue weighted by atomic mass is 10.0. The highest BCUT2D eigenvalue weighted by atomic mass is 16.5. The highest BCUT2D eigenvalue weighted by Gasteiger charge is 2.14. The van der Waals surface area contributed by atoms with E-state index in [1.807, 2.05) is 0 Å². The monoisotopic (exact) mass is 538 g/mol. The molecule has 0 aliphatic carbocycles. The van der Waals surface area contributed by atoms with Gasteiger partial charge in [0.15, 0.2) is 0 Å². The summed E-state index contributed by atoms with van der Waals surface area (Å²) >= 11 is 0. The Morgan fingerprint density at radius 3 is 1.18 bits per heavy atom. The highest BCUT2D eigenvalue weighted by molar-refractivity contribution is 5.69. The first-order valence-electron chi connectivity index (χ1n) is 17.0. The summed E-state index contributed by atoms with van der Waals surface area (Å²) in [5.74, 6) is -0.709. The van der Waals surface area contributed by atoms with E-state index in [2.05, 4.69) is 13.8 Å². The molecule has 0 fully saturated rings. The van der Waals surface area contributed by atoms with Gasteiger partial charge in [-0.3, -0.25) is 9.59 Å². The van der Waals surface area contributed by atoms with Gasteiger partial charge in [-0.15, -0.1) is 0 Å². The van der Waals surface area contributed by atoms with Crippen LogP contribution in [0.3, 0.4) is 0 Å². The molecule has 0 aromatic heterocycles. The third kappa shape index (κ3) is 29.5. The van der Waals surface area contributed by atoms with Gasteiger partial charge in [-0.05, 0) is 38.5 Å². The molecule has 0 saturated carbocycles. The number of carboxylic acid groups (broad SMARTS) is 1. The van der Waals surface area contributed by atoms with Crippen LogP contribution >= 0.6 is 0 Å². The lowest BCUT2D eigenvalue weighted by molar-refractivity contribution is -0.150. The SMILES string of the molecule is CCCCCCCCCCCCCCCCCCC(CCCCCCCC(=O)O)OC(=O)CCCCCC. The van der Waals surface area contributed by atoms with Crippen LogP contribution in [0.15, 0.2) is 0 Å². The topological polar surface area (TPSA) is 63.6 Å². The van der Waals surface area contributed by atoms with Gasteiger partial charge in [0.2, 0.25) is 0 Å². The first-order valence-corrected chi connectivity index (χ1v) is 17.0. The molecular weight excluding hydrogens is 472 g/mol. The fraction of sp³-hybridized carbons (Fsp3) is 0.941. The number of unbranched alkanes of at least 4 members (excludes halogenated alkanes) is 22. The Bertz CT molecular complexity index is 505. The van der Waals surface area contributed by atoms with Crippen molar-refractivity contribution < 1.29 is 19.4 Å². The average molecular weight is 539 g/mol. The third-order valence-electron chi connectivity index (χ3n) is 7.83. The second kappa shape index (κ2) is 30.5. The molecule has 226 valence electrons. The van der Waals surface area contributed by atoms with E-state index in [-0.39, 0.29) is 18.5 Å². The van der Waals surface area contributed by atoms with Gasteiger partial charge in [0.05, 0.1) is 0 Å². The molecule has 0 radical (unpaired) electrons. The molecule has 0 heterocycles. The highest BCUT2D eigenvalue weighted by Crippen LogP contribution is 2.19. The van der Waals surface area contributed by atoms with Gasteiger partial charge in [-0.25, -0.2) is 0 Å². The van der Waals surface area contributed by atoms with Crippen molar-refractivity contribution in [3.05, 3.63) is 0 Å². The van der Waals surface area contributed by atoms with Crippen molar-refractivity contribution in [3.63, 3.8) is 0 Å². The molecule has 1 atom stereocenters. The zero-order chi connectivity index (χ0) is 27.9. The van der Waals surface area contributed by atoms with Crippen molar-refractivity contribution in [2.45, 2.75) is 206 Å². The van der Waals surface area contributed by atoms with Crippen LogP contribution in [-0.2, 0) is 14.3 Å². The Morgan fingerprint density at radius 1 is 0.474 bits per heavy atom. The fourth-order valence-corrected chi connectivity index (χ4v) is 5.30. The third-order valence-corrected chi connectivity index (χ3v) is 7.83. The molecule has 0 aromatic carbocycles. The van der Waals surface area contributed by atoms with Crippen LogP contribution in [0.1, 0.15) is 200 Å². The summed E-state index contributed by atoms with van der Waals surface area (Å²) in [6.45, 7) is 4.47. The number of rotatable bonds is 31. The molecule has 1 N–H and O–H groups in total. The Balaban J connectivity index is 3.85. The van der Waals surface area contributed by atoms with E-state index >= 15 is 0 Å². The molecule has 4 heteroatoms. The van der Waals surface area contributed by atoms with Crippen molar-refractivity contribution in [2.24, 2.45) is 0 Å². The van der Waals surface area contributed by atoms with Crippen molar-refractivity contribution in [1.29, 1.82) is 0 Å². The molecule has 38 heavy (non-hydrogen) atoms. The Labute approximate surface area is 237 Å². The van der Waals surface area contributed by atoms with Crippen LogP contribution in [0, 0.1) is 0 Å². The molecule has 0 saturated heterocycles. The molecule has 0 bridgehead atoms. The maximum Gasteiger partial charge on any atom is 0.306 e. The van der Waals surface area contributed by atoms with Crippen LogP contribution in [-0.4, -0.2) is 23.1 Å². The largest absolute Gasteiger partial charge is 0.481 e. The predicted molar refractivity (Wildman–Crippen MR) is 163 cm³/mol. The van der Waals surface area contributed by atoms with Gasteiger partial charge >= 0.3 is 11.9 Å². The van der Waals surface area contributed by atoms with Crippen LogP contribution in [0.5, 0.6) is 0 Å². The van der Waals surface area contributed by atoms with Crippen LogP contribution in [0.2, 0.25) is 0 Å². The number of ether oxygens (including phenoxy) is 1. The number of carbonyl (C=O) groups excluding carboxylic acids is 1. The van der Waals surface area contributed by atoms with E-state index in [0.717, 1.165) is 64.2 Å². The molecule has 0 aliphatic heterocycles. The minimum Gasteiger partial charge on any atom is -0.481 e. The zero-order valence-corrected chi connectivity index (χ0v) is 25.8. The van der Waals surface area contributed by atoms with E-state index in [1.165, 1.54) is 109 Å². The van der Waals surface area contributed by atoms with Crippen LogP contribution in [0.25, 0.3) is 0 Å². The number of carboxylic acids is 1. The van der Waals surface area contributed by atoms with E-state index in [9.17, 15) is 9.59 Å². The molecule has 0 aliphatic rings. The molecule has 4 nitrogen and oxygen atoms in total. The standard InChI is InChI=1S/C34H66O4/c1-3-5-7-9-10-11-12-13-14-15-16-17-18-19-21-24-28-32(38-34(37)31-27-8-6-4-2)29-25-22-20-23-26-30-33(35)36/h32H,3-31H2,1-2H3,(H,35,36). The number of hydrogen-bond acceptors (Lipinski definition) is 3. The van der Waals surface area contributed by atoms with Crippen molar-refractivity contribution in [3.8, 4) is 0 Å². The van der Waals surface area contributed by atoms with Crippen molar-refractivity contribution >= 4 is 11.9 Å². The lowest BCUT2D eigenvalue weighted by Gasteiger charge is -2.18. The molecule has 0 spiro atoms. The molecule has 0 rings (SSSR count). The summed E-state index contributed by atoms with van der Waals surface area (Å²) in [4.78, 5) is 23.0. The van der Waals surface area contributed by atoms with Crippen molar-refractivity contribution in [1.82, 2.24) is 0 Å². The second-order valence-corrected chi connectivity index (χ2v) is 11.7. The molecule has 1 unspecified atom stereocenters. The minimum atomic E-state index is -0.699. The molecular formula is C34H66O4. The number of hydrogen-bond donors (Lipinski definition) is 1. The first kappa shape index (κ1) is 36.9. The quantitative estimate of drug-likeness (QED) is 0.0704. The Kier molecular flexibility index (Phi) is 29.6. The maximum absolute atomic E-state index is 12.3. The smallest absolute Gasteiger partial charge is 0.306 e. The normalized spacial score (nSPS) is 12.1. The number of esters is 1. The first-order chi connectivity index (χ1) is 18.6. The fourth-order valence-electron chi connectivity index (χ4n) is 5.30. The van der Waals surface area contributed by atoms with Gasteiger partial charge < -0.3 is 9.84 Å². The summed E-state index contributed by atoms with van der Waals surface area (Å²) in [7, 11) is 0. The van der Waals surface area contributed by atoms with Gasteiger partial charge in [0, 0.05) is 12.8 Å². The summed E-state index contributed by atoms with van der Waals surface area (Å²) in [5, 5.41) is 8.75. The van der Waals surface area contributed by atoms with Gasteiger partial charge in [-0.1, -0.05) is 149 Å². The van der Waals surface area contributed by atoms with E-state index < -0.39 is 5.97 Å². The van der Waals surface area contributed by atoms with Gasteiger partial charge in [0.25, 0.3) is 0 Å². The average Bonchev–Trinajstić information content (AvgIpc) is 2.90. The Morgan fingerprint density at radius 2 is 0.789 bits per heavy atom. The summed E-state index contributed by atoms with van der Waals surface area (Å²) in [5.41, 5.74) is 0. The summed E-state index contributed by atoms with van der Waals surface area (Å²) in [6, 6.07) is 0. The van der Waals surface area contributed by atoms with E-state index in [0.29, 0.717) is 6.42 Å². The number of aliphatic carboxylic acids is 1. The second-order valence-electron chi connectivity index (χ2n) is 11.7. The minimum absolute atomic E-state index is 0.0101. The van der Waals surface area contributed by atoms with Crippen molar-refractivity contribution in [2.75, 3.05) is 0 Å². The Hall–Kier alpha value is -1.06. The summed E-state index contributed by atoms with van der Waals surface area (Å²) < 4.78 is 5.90. The number of carbonyl (C=O) groups is 2. The van der Waals surface area contributed by atoms with Crippen LogP contribution in [0.4, 0.5) is 0 Å². The maximum atomic E-state index is 12.3. The lowest BCUT2D eigenvalue weighted by Crippen LogP contribution is -2.18.